The van der Waals surface area contributed by atoms with Gasteiger partial charge in [-0.2, -0.15) is 4.98 Å². The fourth-order valence-corrected chi connectivity index (χ4v) is 3.11. The smallest absolute Gasteiger partial charge is 0.227 e. The quantitative estimate of drug-likeness (QED) is 0.836. The number of rotatable bonds is 5. The average Bonchev–Trinajstić information content (AvgIpc) is 3.10. The van der Waals surface area contributed by atoms with Gasteiger partial charge >= 0.3 is 0 Å². The van der Waals surface area contributed by atoms with E-state index < -0.39 is 0 Å². The maximum Gasteiger partial charge on any atom is 0.227 e. The Kier molecular flexibility index (Phi) is 5.48. The van der Waals surface area contributed by atoms with Gasteiger partial charge in [-0.15, -0.1) is 0 Å². The number of piperazine rings is 1. The van der Waals surface area contributed by atoms with Gasteiger partial charge in [-0.3, -0.25) is 9.69 Å². The largest absolute Gasteiger partial charge is 0.339 e. The summed E-state index contributed by atoms with van der Waals surface area (Å²) < 4.78 is 5.23. The predicted molar refractivity (Wildman–Crippen MR) is 95.1 cm³/mol. The van der Waals surface area contributed by atoms with Gasteiger partial charge in [-0.05, 0) is 12.6 Å². The van der Waals surface area contributed by atoms with E-state index in [1.165, 1.54) is 5.56 Å². The van der Waals surface area contributed by atoms with Gasteiger partial charge < -0.3 is 9.42 Å². The second-order valence-corrected chi connectivity index (χ2v) is 6.95. The first-order chi connectivity index (χ1) is 12.0. The second-order valence-electron chi connectivity index (χ2n) is 6.95. The summed E-state index contributed by atoms with van der Waals surface area (Å²) in [4.78, 5) is 21.2. The van der Waals surface area contributed by atoms with Crippen LogP contribution in [0.3, 0.4) is 0 Å². The van der Waals surface area contributed by atoms with Crippen molar-refractivity contribution in [3.8, 4) is 0 Å². The number of benzene rings is 1. The van der Waals surface area contributed by atoms with Crippen LogP contribution in [0.4, 0.5) is 0 Å². The Morgan fingerprint density at radius 3 is 2.72 bits per heavy atom. The number of amides is 1. The van der Waals surface area contributed by atoms with E-state index in [0.29, 0.717) is 24.6 Å². The van der Waals surface area contributed by atoms with Crippen LogP contribution in [0.5, 0.6) is 0 Å². The van der Waals surface area contributed by atoms with Crippen molar-refractivity contribution >= 4 is 5.91 Å². The highest BCUT2D eigenvalue weighted by molar-refractivity contribution is 5.76. The lowest BCUT2D eigenvalue weighted by Gasteiger charge is -2.39. The van der Waals surface area contributed by atoms with E-state index in [1.807, 2.05) is 36.9 Å². The van der Waals surface area contributed by atoms with Crippen LogP contribution in [-0.2, 0) is 11.2 Å². The van der Waals surface area contributed by atoms with E-state index in [0.717, 1.165) is 19.6 Å². The molecule has 1 fully saturated rings. The van der Waals surface area contributed by atoms with Crippen molar-refractivity contribution < 1.29 is 9.32 Å². The van der Waals surface area contributed by atoms with Crippen molar-refractivity contribution in [2.24, 2.45) is 0 Å². The predicted octanol–water partition coefficient (Wildman–Crippen LogP) is 2.64. The van der Waals surface area contributed by atoms with Gasteiger partial charge in [0.15, 0.2) is 5.82 Å². The summed E-state index contributed by atoms with van der Waals surface area (Å²) >= 11 is 0. The van der Waals surface area contributed by atoms with Crippen LogP contribution in [0.25, 0.3) is 0 Å². The molecule has 0 radical (unpaired) electrons. The second kappa shape index (κ2) is 7.78. The highest BCUT2D eigenvalue weighted by Gasteiger charge is 2.28. The number of carbonyl (C=O) groups excluding carboxylic acids is 1. The fourth-order valence-electron chi connectivity index (χ4n) is 3.11. The number of carbonyl (C=O) groups is 1. The number of aryl methyl sites for hydroxylation is 1. The minimum absolute atomic E-state index is 0.151. The molecule has 0 spiro atoms. The molecule has 1 aliphatic rings. The van der Waals surface area contributed by atoms with Crippen LogP contribution in [0.1, 0.15) is 49.5 Å². The van der Waals surface area contributed by atoms with Gasteiger partial charge in [-0.25, -0.2) is 0 Å². The zero-order valence-corrected chi connectivity index (χ0v) is 15.2. The SMILES string of the molecule is CC(C)c1noc(CCC(=O)N2CCN(C)[C@@H](c3ccccc3)C2)n1. The molecule has 0 saturated carbocycles. The summed E-state index contributed by atoms with van der Waals surface area (Å²) in [5.41, 5.74) is 1.25. The van der Waals surface area contributed by atoms with Gasteiger partial charge in [0, 0.05) is 38.4 Å². The Labute approximate surface area is 148 Å². The Hall–Kier alpha value is -2.21. The van der Waals surface area contributed by atoms with E-state index >= 15 is 0 Å². The maximum atomic E-state index is 12.6. The normalized spacial score (nSPS) is 18.7. The molecule has 0 N–H and O–H groups in total. The van der Waals surface area contributed by atoms with E-state index in [4.69, 9.17) is 4.52 Å². The molecular formula is C19H26N4O2. The molecule has 2 aromatic rings. The van der Waals surface area contributed by atoms with Gasteiger partial charge in [0.2, 0.25) is 11.8 Å². The van der Waals surface area contributed by atoms with E-state index in [9.17, 15) is 4.79 Å². The summed E-state index contributed by atoms with van der Waals surface area (Å²) in [5.74, 6) is 1.63. The average molecular weight is 342 g/mol. The molecule has 0 aliphatic carbocycles. The molecule has 1 aromatic heterocycles. The maximum absolute atomic E-state index is 12.6. The highest BCUT2D eigenvalue weighted by atomic mass is 16.5. The molecule has 25 heavy (non-hydrogen) atoms. The minimum atomic E-state index is 0.151. The standard InChI is InChI=1S/C19H26N4O2/c1-14(2)19-20-17(25-21-19)9-10-18(24)23-12-11-22(3)16(13-23)15-7-5-4-6-8-15/h4-8,14,16H,9-13H2,1-3H3/t16-/m1/s1. The molecule has 1 amide bonds. The summed E-state index contributed by atoms with van der Waals surface area (Å²) in [5, 5.41) is 3.95. The number of nitrogens with zero attached hydrogens (tertiary/aromatic N) is 4. The van der Waals surface area contributed by atoms with Crippen molar-refractivity contribution in [2.75, 3.05) is 26.7 Å². The molecule has 1 saturated heterocycles. The number of hydrogen-bond donors (Lipinski definition) is 0. The van der Waals surface area contributed by atoms with Crippen LogP contribution in [0.2, 0.25) is 0 Å². The third-order valence-corrected chi connectivity index (χ3v) is 4.74. The van der Waals surface area contributed by atoms with Crippen LogP contribution >= 0.6 is 0 Å². The van der Waals surface area contributed by atoms with E-state index in [2.05, 4.69) is 34.2 Å². The van der Waals surface area contributed by atoms with Crippen molar-refractivity contribution in [3.63, 3.8) is 0 Å². The lowest BCUT2D eigenvalue weighted by Crippen LogP contribution is -2.49. The molecule has 1 aliphatic heterocycles. The zero-order chi connectivity index (χ0) is 17.8. The summed E-state index contributed by atoms with van der Waals surface area (Å²) in [7, 11) is 2.12. The van der Waals surface area contributed by atoms with Crippen LogP contribution < -0.4 is 0 Å². The molecular weight excluding hydrogens is 316 g/mol. The lowest BCUT2D eigenvalue weighted by atomic mass is 10.0. The van der Waals surface area contributed by atoms with Gasteiger partial charge in [0.25, 0.3) is 0 Å². The first-order valence-electron chi connectivity index (χ1n) is 8.90. The monoisotopic (exact) mass is 342 g/mol. The number of aromatic nitrogens is 2. The van der Waals surface area contributed by atoms with E-state index in [1.54, 1.807) is 0 Å². The van der Waals surface area contributed by atoms with Gasteiger partial charge in [0.05, 0.1) is 6.04 Å². The van der Waals surface area contributed by atoms with Gasteiger partial charge in [0.1, 0.15) is 0 Å². The number of likely N-dealkylation sites (N-methyl/N-ethyl adjacent to an activating group) is 1. The summed E-state index contributed by atoms with van der Waals surface area (Å²) in [6, 6.07) is 10.6. The first kappa shape index (κ1) is 17.6. The minimum Gasteiger partial charge on any atom is -0.339 e. The van der Waals surface area contributed by atoms with Crippen LogP contribution in [0.15, 0.2) is 34.9 Å². The zero-order valence-electron chi connectivity index (χ0n) is 15.2. The first-order valence-corrected chi connectivity index (χ1v) is 8.90. The number of hydrogen-bond acceptors (Lipinski definition) is 5. The fraction of sp³-hybridized carbons (Fsp3) is 0.526. The highest BCUT2D eigenvalue weighted by Crippen LogP contribution is 2.24. The third-order valence-electron chi connectivity index (χ3n) is 4.74. The third kappa shape index (κ3) is 4.25. The Balaban J connectivity index is 1.58. The topological polar surface area (TPSA) is 62.5 Å². The molecule has 6 heteroatoms. The summed E-state index contributed by atoms with van der Waals surface area (Å²) in [6.07, 6.45) is 0.909. The summed E-state index contributed by atoms with van der Waals surface area (Å²) in [6.45, 7) is 6.41. The molecule has 0 bridgehead atoms. The van der Waals surface area contributed by atoms with Crippen LogP contribution in [0, 0.1) is 0 Å². The van der Waals surface area contributed by atoms with Crippen molar-refractivity contribution in [1.29, 1.82) is 0 Å². The Morgan fingerprint density at radius 1 is 1.28 bits per heavy atom. The molecule has 2 heterocycles. The Morgan fingerprint density at radius 2 is 2.04 bits per heavy atom. The molecule has 0 unspecified atom stereocenters. The molecule has 134 valence electrons. The van der Waals surface area contributed by atoms with E-state index in [-0.39, 0.29) is 17.9 Å². The van der Waals surface area contributed by atoms with Crippen molar-refractivity contribution in [1.82, 2.24) is 19.9 Å². The Bertz CT molecular complexity index is 698. The molecule has 1 atom stereocenters. The molecule has 6 nitrogen and oxygen atoms in total. The van der Waals surface area contributed by atoms with Gasteiger partial charge in [-0.1, -0.05) is 49.3 Å². The molecule has 3 rings (SSSR count). The van der Waals surface area contributed by atoms with Crippen LogP contribution in [-0.4, -0.2) is 52.5 Å². The van der Waals surface area contributed by atoms with Crippen molar-refractivity contribution in [2.45, 2.75) is 38.6 Å². The lowest BCUT2D eigenvalue weighted by molar-refractivity contribution is -0.134. The van der Waals surface area contributed by atoms with Crippen molar-refractivity contribution in [3.05, 3.63) is 47.6 Å². The molecule has 1 aromatic carbocycles.